The fourth-order valence-corrected chi connectivity index (χ4v) is 3.58. The Kier molecular flexibility index (Phi) is 4.53. The Balaban J connectivity index is 1.94. The van der Waals surface area contributed by atoms with Gasteiger partial charge in [0.15, 0.2) is 0 Å². The monoisotopic (exact) mass is 342 g/mol. The topological polar surface area (TPSA) is 25.2 Å². The molecule has 24 heavy (non-hydrogen) atoms. The average molecular weight is 342 g/mol. The van der Waals surface area contributed by atoms with Gasteiger partial charge in [0.25, 0.3) is 5.91 Å². The Morgan fingerprint density at radius 2 is 2.00 bits per heavy atom. The van der Waals surface area contributed by atoms with Gasteiger partial charge in [-0.05, 0) is 54.4 Å². The average Bonchev–Trinajstić information content (AvgIpc) is 3.16. The number of carbonyl (C=O) groups is 1. The quantitative estimate of drug-likeness (QED) is 0.682. The van der Waals surface area contributed by atoms with Gasteiger partial charge in [-0.2, -0.15) is 11.3 Å². The highest BCUT2D eigenvalue weighted by Gasteiger charge is 2.21. The third-order valence-corrected chi connectivity index (χ3v) is 4.83. The number of aryl methyl sites for hydroxylation is 1. The van der Waals surface area contributed by atoms with E-state index in [1.54, 1.807) is 46.1 Å². The largest absolute Gasteiger partial charge is 0.337 e. The van der Waals surface area contributed by atoms with E-state index >= 15 is 0 Å². The van der Waals surface area contributed by atoms with Crippen molar-refractivity contribution in [2.75, 3.05) is 7.05 Å². The minimum Gasteiger partial charge on any atom is -0.337 e. The van der Waals surface area contributed by atoms with E-state index in [0.29, 0.717) is 17.8 Å². The Morgan fingerprint density at radius 3 is 2.67 bits per heavy atom. The highest BCUT2D eigenvalue weighted by molar-refractivity contribution is 7.07. The van der Waals surface area contributed by atoms with Crippen molar-refractivity contribution in [2.24, 2.45) is 0 Å². The van der Waals surface area contributed by atoms with Crippen molar-refractivity contribution in [3.05, 3.63) is 75.5 Å². The summed E-state index contributed by atoms with van der Waals surface area (Å²) in [6, 6.07) is 10.4. The molecule has 0 atom stereocenters. The molecule has 0 unspecified atom stereocenters. The van der Waals surface area contributed by atoms with Crippen LogP contribution in [0, 0.1) is 19.7 Å². The van der Waals surface area contributed by atoms with Gasteiger partial charge in [0.1, 0.15) is 5.82 Å². The highest BCUT2D eigenvalue weighted by atomic mass is 32.1. The molecule has 0 bridgehead atoms. The lowest BCUT2D eigenvalue weighted by Crippen LogP contribution is -2.26. The van der Waals surface area contributed by atoms with Crippen molar-refractivity contribution in [1.29, 1.82) is 0 Å². The first kappa shape index (κ1) is 16.5. The van der Waals surface area contributed by atoms with Crippen molar-refractivity contribution in [2.45, 2.75) is 20.4 Å². The minimum absolute atomic E-state index is 0.0584. The smallest absolute Gasteiger partial charge is 0.255 e. The zero-order valence-corrected chi connectivity index (χ0v) is 14.7. The number of para-hydroxylation sites is 1. The Labute approximate surface area is 145 Å². The first-order valence-corrected chi connectivity index (χ1v) is 8.63. The zero-order valence-electron chi connectivity index (χ0n) is 13.9. The second kappa shape index (κ2) is 6.61. The van der Waals surface area contributed by atoms with E-state index in [9.17, 15) is 9.18 Å². The lowest BCUT2D eigenvalue weighted by atomic mass is 10.2. The summed E-state index contributed by atoms with van der Waals surface area (Å²) in [7, 11) is 1.79. The van der Waals surface area contributed by atoms with Crippen molar-refractivity contribution >= 4 is 17.2 Å². The van der Waals surface area contributed by atoms with Crippen LogP contribution in [0.25, 0.3) is 5.69 Å². The van der Waals surface area contributed by atoms with Crippen LogP contribution in [0.5, 0.6) is 0 Å². The number of thiophene rings is 1. The molecular weight excluding hydrogens is 323 g/mol. The zero-order chi connectivity index (χ0) is 17.3. The third kappa shape index (κ3) is 2.99. The van der Waals surface area contributed by atoms with Crippen LogP contribution >= 0.6 is 11.3 Å². The second-order valence-electron chi connectivity index (χ2n) is 5.86. The SMILES string of the molecule is Cc1cc(C(=O)N(C)Cc2ccsc2)c(C)n1-c1ccccc1F. The number of hydrogen-bond donors (Lipinski definition) is 0. The van der Waals surface area contributed by atoms with Crippen molar-refractivity contribution in [3.63, 3.8) is 0 Å². The summed E-state index contributed by atoms with van der Waals surface area (Å²) < 4.78 is 15.9. The molecule has 3 aromatic rings. The molecule has 3 nitrogen and oxygen atoms in total. The molecule has 0 spiro atoms. The lowest BCUT2D eigenvalue weighted by Gasteiger charge is -2.17. The fraction of sp³-hybridized carbons (Fsp3) is 0.211. The molecule has 0 fully saturated rings. The van der Waals surface area contributed by atoms with Crippen LogP contribution in [-0.2, 0) is 6.54 Å². The predicted molar refractivity (Wildman–Crippen MR) is 95.3 cm³/mol. The highest BCUT2D eigenvalue weighted by Crippen LogP contribution is 2.24. The van der Waals surface area contributed by atoms with Crippen molar-refractivity contribution < 1.29 is 9.18 Å². The molecule has 0 N–H and O–H groups in total. The van der Waals surface area contributed by atoms with Crippen LogP contribution in [-0.4, -0.2) is 22.4 Å². The van der Waals surface area contributed by atoms with E-state index < -0.39 is 0 Å². The van der Waals surface area contributed by atoms with E-state index in [-0.39, 0.29) is 11.7 Å². The third-order valence-electron chi connectivity index (χ3n) is 4.10. The molecule has 0 radical (unpaired) electrons. The lowest BCUT2D eigenvalue weighted by molar-refractivity contribution is 0.0784. The molecular formula is C19H19FN2OS. The van der Waals surface area contributed by atoms with Crippen LogP contribution in [0.1, 0.15) is 27.3 Å². The Morgan fingerprint density at radius 1 is 1.25 bits per heavy atom. The molecule has 124 valence electrons. The first-order valence-electron chi connectivity index (χ1n) is 7.69. The van der Waals surface area contributed by atoms with Gasteiger partial charge in [0.2, 0.25) is 0 Å². The number of aromatic nitrogens is 1. The number of amides is 1. The number of hydrogen-bond acceptors (Lipinski definition) is 2. The number of nitrogens with zero attached hydrogens (tertiary/aromatic N) is 2. The van der Waals surface area contributed by atoms with E-state index in [4.69, 9.17) is 0 Å². The molecule has 1 aromatic carbocycles. The van der Waals surface area contributed by atoms with Crippen LogP contribution in [0.3, 0.4) is 0 Å². The summed E-state index contributed by atoms with van der Waals surface area (Å²) in [5, 5.41) is 4.03. The summed E-state index contributed by atoms with van der Waals surface area (Å²) in [5.74, 6) is -0.359. The van der Waals surface area contributed by atoms with E-state index in [1.807, 2.05) is 36.7 Å². The summed E-state index contributed by atoms with van der Waals surface area (Å²) in [5.41, 5.74) is 3.77. The van der Waals surface area contributed by atoms with Gasteiger partial charge in [-0.15, -0.1) is 0 Å². The van der Waals surface area contributed by atoms with E-state index in [2.05, 4.69) is 0 Å². The maximum absolute atomic E-state index is 14.1. The number of halogens is 1. The Bertz CT molecular complexity index is 868. The van der Waals surface area contributed by atoms with Gasteiger partial charge in [-0.1, -0.05) is 12.1 Å². The summed E-state index contributed by atoms with van der Waals surface area (Å²) in [4.78, 5) is 14.5. The van der Waals surface area contributed by atoms with Crippen LogP contribution in [0.4, 0.5) is 4.39 Å². The number of benzene rings is 1. The van der Waals surface area contributed by atoms with E-state index in [0.717, 1.165) is 17.0 Å². The van der Waals surface area contributed by atoms with Crippen LogP contribution in [0.15, 0.2) is 47.2 Å². The fourth-order valence-electron chi connectivity index (χ4n) is 2.92. The second-order valence-corrected chi connectivity index (χ2v) is 6.64. The van der Waals surface area contributed by atoms with E-state index in [1.165, 1.54) is 6.07 Å². The van der Waals surface area contributed by atoms with Crippen molar-refractivity contribution in [3.8, 4) is 5.69 Å². The standard InChI is InChI=1S/C19H19FN2OS/c1-13-10-16(19(23)21(3)11-15-8-9-24-12-15)14(2)22(13)18-7-5-4-6-17(18)20/h4-10,12H,11H2,1-3H3. The number of carbonyl (C=O) groups excluding carboxylic acids is 1. The molecule has 2 aromatic heterocycles. The van der Waals surface area contributed by atoms with Gasteiger partial charge in [0.05, 0.1) is 11.3 Å². The molecule has 0 aliphatic carbocycles. The minimum atomic E-state index is -0.301. The predicted octanol–water partition coefficient (Wildman–Crippen LogP) is 4.57. The first-order chi connectivity index (χ1) is 11.5. The Hall–Kier alpha value is -2.40. The van der Waals surface area contributed by atoms with Gasteiger partial charge < -0.3 is 9.47 Å². The molecule has 3 rings (SSSR count). The molecule has 0 saturated heterocycles. The van der Waals surface area contributed by atoms with Gasteiger partial charge in [-0.3, -0.25) is 4.79 Å². The molecule has 5 heteroatoms. The molecule has 0 aliphatic heterocycles. The molecule has 0 aliphatic rings. The van der Waals surface area contributed by atoms with Crippen LogP contribution in [0.2, 0.25) is 0 Å². The summed E-state index contributed by atoms with van der Waals surface area (Å²) >= 11 is 1.61. The van der Waals surface area contributed by atoms with Gasteiger partial charge >= 0.3 is 0 Å². The van der Waals surface area contributed by atoms with Gasteiger partial charge in [0, 0.05) is 25.0 Å². The summed E-state index contributed by atoms with van der Waals surface area (Å²) in [6.07, 6.45) is 0. The van der Waals surface area contributed by atoms with Crippen molar-refractivity contribution in [1.82, 2.24) is 9.47 Å². The maximum atomic E-state index is 14.1. The van der Waals surface area contributed by atoms with Gasteiger partial charge in [-0.25, -0.2) is 4.39 Å². The molecule has 1 amide bonds. The molecule has 2 heterocycles. The summed E-state index contributed by atoms with van der Waals surface area (Å²) in [6.45, 7) is 4.30. The van der Waals surface area contributed by atoms with Crippen LogP contribution < -0.4 is 0 Å². The maximum Gasteiger partial charge on any atom is 0.255 e. The normalized spacial score (nSPS) is 10.8. The number of rotatable bonds is 4. The molecule has 0 saturated carbocycles.